The van der Waals surface area contributed by atoms with Gasteiger partial charge in [-0.25, -0.2) is 18.1 Å². The second-order valence-corrected chi connectivity index (χ2v) is 6.90. The fraction of sp³-hybridized carbons (Fsp3) is 0.615. The van der Waals surface area contributed by atoms with Crippen LogP contribution in [0.4, 0.5) is 5.82 Å². The second kappa shape index (κ2) is 6.07. The van der Waals surface area contributed by atoms with Crippen molar-refractivity contribution >= 4 is 15.8 Å². The van der Waals surface area contributed by atoms with Crippen molar-refractivity contribution in [2.45, 2.75) is 37.2 Å². The Morgan fingerprint density at radius 3 is 2.80 bits per heavy atom. The molecule has 0 bridgehead atoms. The van der Waals surface area contributed by atoms with Crippen LogP contribution in [-0.4, -0.2) is 38.7 Å². The van der Waals surface area contributed by atoms with E-state index in [1.807, 2.05) is 13.8 Å². The summed E-state index contributed by atoms with van der Waals surface area (Å²) in [5.74, 6) is 0.664. The number of anilines is 1. The van der Waals surface area contributed by atoms with E-state index in [0.29, 0.717) is 12.4 Å². The van der Waals surface area contributed by atoms with Crippen LogP contribution >= 0.6 is 0 Å². The fourth-order valence-electron chi connectivity index (χ4n) is 2.13. The van der Waals surface area contributed by atoms with Crippen LogP contribution in [0, 0.1) is 0 Å². The monoisotopic (exact) mass is 299 g/mol. The van der Waals surface area contributed by atoms with Crippen molar-refractivity contribution in [2.75, 3.05) is 25.0 Å². The van der Waals surface area contributed by atoms with Crippen molar-refractivity contribution < 1.29 is 13.2 Å². The standard InChI is InChI=1S/C13H21N3O3S/c1-3-14-12-6-5-11(9-15-12)20(17,18)16-10-13(2)7-4-8-19-13/h5-6,9,16H,3-4,7-8,10H2,1-2H3,(H,14,15). The first-order valence-electron chi connectivity index (χ1n) is 6.79. The van der Waals surface area contributed by atoms with Crippen molar-refractivity contribution in [1.82, 2.24) is 9.71 Å². The summed E-state index contributed by atoms with van der Waals surface area (Å²) < 4.78 is 32.5. The van der Waals surface area contributed by atoms with E-state index in [1.54, 1.807) is 12.1 Å². The van der Waals surface area contributed by atoms with Gasteiger partial charge in [0, 0.05) is 25.9 Å². The van der Waals surface area contributed by atoms with Crippen LogP contribution in [0.5, 0.6) is 0 Å². The van der Waals surface area contributed by atoms with Gasteiger partial charge in [-0.05, 0) is 38.8 Å². The average molecular weight is 299 g/mol. The largest absolute Gasteiger partial charge is 0.374 e. The maximum atomic E-state index is 12.2. The number of rotatable bonds is 6. The Balaban J connectivity index is 2.02. The Morgan fingerprint density at radius 1 is 1.45 bits per heavy atom. The van der Waals surface area contributed by atoms with Crippen molar-refractivity contribution in [3.63, 3.8) is 0 Å². The summed E-state index contributed by atoms with van der Waals surface area (Å²) in [4.78, 5) is 4.24. The maximum absolute atomic E-state index is 12.2. The zero-order valence-electron chi connectivity index (χ0n) is 11.8. The number of aromatic nitrogens is 1. The van der Waals surface area contributed by atoms with E-state index < -0.39 is 15.6 Å². The number of sulfonamides is 1. The van der Waals surface area contributed by atoms with E-state index in [0.717, 1.165) is 19.4 Å². The van der Waals surface area contributed by atoms with Crippen molar-refractivity contribution in [1.29, 1.82) is 0 Å². The van der Waals surface area contributed by atoms with Gasteiger partial charge < -0.3 is 10.1 Å². The first kappa shape index (κ1) is 15.2. The van der Waals surface area contributed by atoms with Crippen LogP contribution in [0.25, 0.3) is 0 Å². The minimum Gasteiger partial charge on any atom is -0.374 e. The third-order valence-corrected chi connectivity index (χ3v) is 4.73. The predicted octanol–water partition coefficient (Wildman–Crippen LogP) is 1.36. The highest BCUT2D eigenvalue weighted by Crippen LogP contribution is 2.24. The van der Waals surface area contributed by atoms with Crippen LogP contribution in [0.1, 0.15) is 26.7 Å². The molecule has 2 heterocycles. The van der Waals surface area contributed by atoms with Gasteiger partial charge in [-0.15, -0.1) is 0 Å². The van der Waals surface area contributed by atoms with Gasteiger partial charge in [0.2, 0.25) is 10.0 Å². The highest BCUT2D eigenvalue weighted by molar-refractivity contribution is 7.89. The van der Waals surface area contributed by atoms with Gasteiger partial charge in [-0.1, -0.05) is 0 Å². The minimum atomic E-state index is -3.54. The molecule has 1 aromatic heterocycles. The van der Waals surface area contributed by atoms with Gasteiger partial charge in [0.15, 0.2) is 0 Å². The lowest BCUT2D eigenvalue weighted by Gasteiger charge is -2.23. The number of nitrogens with one attached hydrogen (secondary N) is 2. The minimum absolute atomic E-state index is 0.167. The SMILES string of the molecule is CCNc1ccc(S(=O)(=O)NCC2(C)CCCO2)cn1. The number of ether oxygens (including phenoxy) is 1. The maximum Gasteiger partial charge on any atom is 0.242 e. The molecular weight excluding hydrogens is 278 g/mol. The van der Waals surface area contributed by atoms with Gasteiger partial charge in [-0.3, -0.25) is 0 Å². The number of nitrogens with zero attached hydrogens (tertiary/aromatic N) is 1. The molecule has 1 fully saturated rings. The summed E-state index contributed by atoms with van der Waals surface area (Å²) in [6.45, 7) is 5.60. The van der Waals surface area contributed by atoms with E-state index in [-0.39, 0.29) is 11.4 Å². The van der Waals surface area contributed by atoms with Crippen molar-refractivity contribution in [3.05, 3.63) is 18.3 Å². The van der Waals surface area contributed by atoms with Gasteiger partial charge in [0.1, 0.15) is 10.7 Å². The molecule has 0 spiro atoms. The van der Waals surface area contributed by atoms with Crippen LogP contribution < -0.4 is 10.0 Å². The molecule has 2 N–H and O–H groups in total. The summed E-state index contributed by atoms with van der Waals surface area (Å²) >= 11 is 0. The molecule has 0 amide bonds. The van der Waals surface area contributed by atoms with Crippen LogP contribution in [0.15, 0.2) is 23.2 Å². The lowest BCUT2D eigenvalue weighted by molar-refractivity contribution is 0.0250. The molecule has 1 unspecified atom stereocenters. The molecule has 0 radical (unpaired) electrons. The summed E-state index contributed by atoms with van der Waals surface area (Å²) in [5.41, 5.74) is -0.399. The molecule has 112 valence electrons. The molecular formula is C13H21N3O3S. The Kier molecular flexibility index (Phi) is 4.62. The Hall–Kier alpha value is -1.18. The van der Waals surface area contributed by atoms with Gasteiger partial charge in [-0.2, -0.15) is 0 Å². The Labute approximate surface area is 120 Å². The van der Waals surface area contributed by atoms with Gasteiger partial charge in [0.05, 0.1) is 5.60 Å². The first-order valence-corrected chi connectivity index (χ1v) is 8.27. The number of hydrogen-bond donors (Lipinski definition) is 2. The third kappa shape index (κ3) is 3.68. The molecule has 2 rings (SSSR count). The van der Waals surface area contributed by atoms with E-state index in [4.69, 9.17) is 4.74 Å². The molecule has 6 nitrogen and oxygen atoms in total. The van der Waals surface area contributed by atoms with Crippen LogP contribution in [0.2, 0.25) is 0 Å². The average Bonchev–Trinajstić information content (AvgIpc) is 2.85. The molecule has 0 aliphatic carbocycles. The fourth-order valence-corrected chi connectivity index (χ4v) is 3.23. The number of hydrogen-bond acceptors (Lipinski definition) is 5. The lowest BCUT2D eigenvalue weighted by atomic mass is 10.0. The zero-order chi connectivity index (χ0) is 14.6. The molecule has 7 heteroatoms. The van der Waals surface area contributed by atoms with Crippen molar-refractivity contribution in [2.24, 2.45) is 0 Å². The Bertz CT molecular complexity index is 536. The zero-order valence-corrected chi connectivity index (χ0v) is 12.7. The Morgan fingerprint density at radius 2 is 2.25 bits per heavy atom. The second-order valence-electron chi connectivity index (χ2n) is 5.14. The quantitative estimate of drug-likeness (QED) is 0.829. The summed E-state index contributed by atoms with van der Waals surface area (Å²) in [7, 11) is -3.54. The number of pyridine rings is 1. The van der Waals surface area contributed by atoms with Crippen LogP contribution in [0.3, 0.4) is 0 Å². The first-order chi connectivity index (χ1) is 9.45. The summed E-state index contributed by atoms with van der Waals surface area (Å²) in [5, 5.41) is 3.02. The molecule has 1 saturated heterocycles. The molecule has 1 aromatic rings. The smallest absolute Gasteiger partial charge is 0.242 e. The topological polar surface area (TPSA) is 80.3 Å². The van der Waals surface area contributed by atoms with Gasteiger partial charge >= 0.3 is 0 Å². The van der Waals surface area contributed by atoms with E-state index in [1.165, 1.54) is 6.20 Å². The molecule has 0 saturated carbocycles. The molecule has 0 aromatic carbocycles. The summed E-state index contributed by atoms with van der Waals surface area (Å²) in [6, 6.07) is 3.21. The third-order valence-electron chi connectivity index (χ3n) is 3.34. The molecule has 1 aliphatic heterocycles. The van der Waals surface area contributed by atoms with Crippen LogP contribution in [-0.2, 0) is 14.8 Å². The highest BCUT2D eigenvalue weighted by atomic mass is 32.2. The van der Waals surface area contributed by atoms with E-state index in [2.05, 4.69) is 15.0 Å². The molecule has 1 aliphatic rings. The summed E-state index contributed by atoms with van der Waals surface area (Å²) in [6.07, 6.45) is 3.20. The normalized spacial score (nSPS) is 22.9. The lowest BCUT2D eigenvalue weighted by Crippen LogP contribution is -2.40. The van der Waals surface area contributed by atoms with Crippen molar-refractivity contribution in [3.8, 4) is 0 Å². The molecule has 1 atom stereocenters. The molecule has 20 heavy (non-hydrogen) atoms. The highest BCUT2D eigenvalue weighted by Gasteiger charge is 2.31. The van der Waals surface area contributed by atoms with E-state index >= 15 is 0 Å². The van der Waals surface area contributed by atoms with E-state index in [9.17, 15) is 8.42 Å². The van der Waals surface area contributed by atoms with Gasteiger partial charge in [0.25, 0.3) is 0 Å². The predicted molar refractivity (Wildman–Crippen MR) is 77.2 cm³/mol.